The van der Waals surface area contributed by atoms with Crippen LogP contribution in [-0.2, 0) is 13.6 Å². The normalized spacial score (nSPS) is 11.2. The van der Waals surface area contributed by atoms with Gasteiger partial charge in [0.15, 0.2) is 5.82 Å². The molecule has 17 heavy (non-hydrogen) atoms. The monoisotopic (exact) mass is 247 g/mol. The molecule has 0 N–H and O–H groups in total. The molecule has 5 nitrogen and oxygen atoms in total. The summed E-state index contributed by atoms with van der Waals surface area (Å²) in [6.07, 6.45) is 2.00. The fourth-order valence-corrected chi connectivity index (χ4v) is 2.03. The molecule has 0 spiro atoms. The number of hydrogen-bond acceptors (Lipinski definition) is 3. The smallest absolute Gasteiger partial charge is 0.194 e. The van der Waals surface area contributed by atoms with Gasteiger partial charge in [0, 0.05) is 22.1 Å². The van der Waals surface area contributed by atoms with Crippen molar-refractivity contribution >= 4 is 22.5 Å². The van der Waals surface area contributed by atoms with E-state index in [0.717, 1.165) is 15.9 Å². The van der Waals surface area contributed by atoms with Gasteiger partial charge in [-0.05, 0) is 29.5 Å². The third-order valence-corrected chi connectivity index (χ3v) is 2.83. The highest BCUT2D eigenvalue weighted by Crippen LogP contribution is 2.20. The Morgan fingerprint density at radius 1 is 1.29 bits per heavy atom. The first-order valence-electron chi connectivity index (χ1n) is 5.20. The van der Waals surface area contributed by atoms with Crippen molar-refractivity contribution < 1.29 is 0 Å². The van der Waals surface area contributed by atoms with Crippen molar-refractivity contribution in [3.8, 4) is 0 Å². The Labute approximate surface area is 103 Å². The van der Waals surface area contributed by atoms with Gasteiger partial charge in [0.25, 0.3) is 0 Å². The number of hydrogen-bond donors (Lipinski definition) is 0. The number of fused-ring (bicyclic) bond motifs is 1. The van der Waals surface area contributed by atoms with Crippen molar-refractivity contribution in [1.29, 1.82) is 0 Å². The van der Waals surface area contributed by atoms with Crippen LogP contribution in [0.3, 0.4) is 0 Å². The van der Waals surface area contributed by atoms with Crippen LogP contribution in [0.4, 0.5) is 0 Å². The quantitative estimate of drug-likeness (QED) is 0.695. The summed E-state index contributed by atoms with van der Waals surface area (Å²) in [4.78, 5) is 1.46. The maximum absolute atomic E-state index is 5.94. The van der Waals surface area contributed by atoms with E-state index in [1.54, 1.807) is 7.05 Å². The molecule has 2 heterocycles. The van der Waals surface area contributed by atoms with Gasteiger partial charge in [-0.15, -0.1) is 10.2 Å². The molecule has 0 amide bonds. The molecule has 0 radical (unpaired) electrons. The van der Waals surface area contributed by atoms with Gasteiger partial charge in [-0.1, -0.05) is 11.6 Å². The second-order valence-corrected chi connectivity index (χ2v) is 4.28. The predicted molar refractivity (Wildman–Crippen MR) is 64.8 cm³/mol. The molecular formula is C11H10ClN5. The SMILES string of the molecule is Cn1nnc(Cn2ccc3cc(Cl)ccc32)n1. The largest absolute Gasteiger partial charge is 0.340 e. The first kappa shape index (κ1) is 10.3. The van der Waals surface area contributed by atoms with Crippen molar-refractivity contribution in [2.24, 2.45) is 7.05 Å². The zero-order chi connectivity index (χ0) is 11.8. The molecule has 86 valence electrons. The first-order valence-corrected chi connectivity index (χ1v) is 5.57. The van der Waals surface area contributed by atoms with Gasteiger partial charge >= 0.3 is 0 Å². The summed E-state index contributed by atoms with van der Waals surface area (Å²) in [5.74, 6) is 0.694. The van der Waals surface area contributed by atoms with Gasteiger partial charge in [-0.3, -0.25) is 0 Å². The molecule has 0 aliphatic heterocycles. The fraction of sp³-hybridized carbons (Fsp3) is 0.182. The van der Waals surface area contributed by atoms with Gasteiger partial charge in [-0.25, -0.2) is 0 Å². The van der Waals surface area contributed by atoms with Gasteiger partial charge in [0.2, 0.25) is 0 Å². The van der Waals surface area contributed by atoms with Crippen LogP contribution in [-0.4, -0.2) is 24.8 Å². The van der Waals surface area contributed by atoms with Crippen molar-refractivity contribution in [2.75, 3.05) is 0 Å². The lowest BCUT2D eigenvalue weighted by Crippen LogP contribution is -2.00. The Balaban J connectivity index is 2.00. The second-order valence-electron chi connectivity index (χ2n) is 3.84. The zero-order valence-corrected chi connectivity index (χ0v) is 9.96. The van der Waals surface area contributed by atoms with Crippen LogP contribution in [0.2, 0.25) is 5.02 Å². The highest BCUT2D eigenvalue weighted by molar-refractivity contribution is 6.31. The summed E-state index contributed by atoms with van der Waals surface area (Å²) in [5, 5.41) is 13.8. The van der Waals surface area contributed by atoms with Crippen LogP contribution in [0.25, 0.3) is 10.9 Å². The van der Waals surface area contributed by atoms with E-state index in [9.17, 15) is 0 Å². The molecule has 3 aromatic rings. The number of halogens is 1. The van der Waals surface area contributed by atoms with Crippen LogP contribution in [0, 0.1) is 0 Å². The molecule has 1 aromatic carbocycles. The van der Waals surface area contributed by atoms with Crippen molar-refractivity contribution in [1.82, 2.24) is 24.8 Å². The topological polar surface area (TPSA) is 48.5 Å². The molecule has 2 aromatic heterocycles. The molecule has 0 unspecified atom stereocenters. The molecule has 6 heteroatoms. The van der Waals surface area contributed by atoms with E-state index in [1.807, 2.05) is 30.5 Å². The van der Waals surface area contributed by atoms with Crippen LogP contribution in [0.15, 0.2) is 30.5 Å². The van der Waals surface area contributed by atoms with E-state index in [4.69, 9.17) is 11.6 Å². The zero-order valence-electron chi connectivity index (χ0n) is 9.21. The molecule has 0 bridgehead atoms. The van der Waals surface area contributed by atoms with Crippen molar-refractivity contribution in [3.63, 3.8) is 0 Å². The molecule has 3 rings (SSSR count). The summed E-state index contributed by atoms with van der Waals surface area (Å²) in [7, 11) is 1.75. The van der Waals surface area contributed by atoms with Gasteiger partial charge < -0.3 is 4.57 Å². The van der Waals surface area contributed by atoms with E-state index in [1.165, 1.54) is 4.80 Å². The van der Waals surface area contributed by atoms with E-state index >= 15 is 0 Å². The van der Waals surface area contributed by atoms with E-state index in [0.29, 0.717) is 12.4 Å². The lowest BCUT2D eigenvalue weighted by atomic mass is 10.2. The Morgan fingerprint density at radius 3 is 2.94 bits per heavy atom. The molecule has 0 fully saturated rings. The standard InChI is InChI=1S/C11H10ClN5/c1-16-14-11(13-15-16)7-17-5-4-8-6-9(12)2-3-10(8)17/h2-6H,7H2,1H3. The highest BCUT2D eigenvalue weighted by atomic mass is 35.5. The molecule has 0 saturated carbocycles. The summed E-state index contributed by atoms with van der Waals surface area (Å²) in [6, 6.07) is 7.84. The van der Waals surface area contributed by atoms with Gasteiger partial charge in [-0.2, -0.15) is 4.80 Å². The summed E-state index contributed by atoms with van der Waals surface area (Å²) < 4.78 is 2.07. The lowest BCUT2D eigenvalue weighted by molar-refractivity contribution is 0.626. The minimum absolute atomic E-state index is 0.610. The van der Waals surface area contributed by atoms with Gasteiger partial charge in [0.1, 0.15) is 0 Å². The van der Waals surface area contributed by atoms with Crippen LogP contribution < -0.4 is 0 Å². The van der Waals surface area contributed by atoms with Crippen LogP contribution in [0.1, 0.15) is 5.82 Å². The first-order chi connectivity index (χ1) is 8.22. The number of benzene rings is 1. The highest BCUT2D eigenvalue weighted by Gasteiger charge is 2.05. The number of aryl methyl sites for hydroxylation is 1. The van der Waals surface area contributed by atoms with Crippen molar-refractivity contribution in [3.05, 3.63) is 41.3 Å². The number of nitrogens with zero attached hydrogens (tertiary/aromatic N) is 5. The second kappa shape index (κ2) is 3.85. The molecule has 0 saturated heterocycles. The number of rotatable bonds is 2. The maximum Gasteiger partial charge on any atom is 0.194 e. The molecule has 0 aliphatic carbocycles. The molecule has 0 atom stereocenters. The average molecular weight is 248 g/mol. The third kappa shape index (κ3) is 1.89. The predicted octanol–water partition coefficient (Wildman–Crippen LogP) is 1.87. The number of tetrazole rings is 1. The molecular weight excluding hydrogens is 238 g/mol. The summed E-state index contributed by atoms with van der Waals surface area (Å²) in [5.41, 5.74) is 1.11. The third-order valence-electron chi connectivity index (χ3n) is 2.59. The number of aromatic nitrogens is 5. The Hall–Kier alpha value is -1.88. The maximum atomic E-state index is 5.94. The average Bonchev–Trinajstić information content (AvgIpc) is 2.86. The fourth-order valence-electron chi connectivity index (χ4n) is 1.85. The van der Waals surface area contributed by atoms with Crippen molar-refractivity contribution in [2.45, 2.75) is 6.54 Å². The molecule has 0 aliphatic rings. The Morgan fingerprint density at radius 2 is 2.18 bits per heavy atom. The lowest BCUT2D eigenvalue weighted by Gasteiger charge is -2.01. The Bertz CT molecular complexity index is 669. The minimum Gasteiger partial charge on any atom is -0.340 e. The Kier molecular flexibility index (Phi) is 2.33. The van der Waals surface area contributed by atoms with Gasteiger partial charge in [0.05, 0.1) is 13.6 Å². The van der Waals surface area contributed by atoms with E-state index in [-0.39, 0.29) is 0 Å². The summed E-state index contributed by atoms with van der Waals surface area (Å²) >= 11 is 5.94. The van der Waals surface area contributed by atoms with E-state index < -0.39 is 0 Å². The minimum atomic E-state index is 0.610. The van der Waals surface area contributed by atoms with E-state index in [2.05, 4.69) is 20.0 Å². The summed E-state index contributed by atoms with van der Waals surface area (Å²) in [6.45, 7) is 0.610. The van der Waals surface area contributed by atoms with Crippen LogP contribution >= 0.6 is 11.6 Å². The van der Waals surface area contributed by atoms with Crippen LogP contribution in [0.5, 0.6) is 0 Å².